The van der Waals surface area contributed by atoms with Gasteiger partial charge in [0.15, 0.2) is 5.12 Å². The van der Waals surface area contributed by atoms with Crippen molar-refractivity contribution < 1.29 is 9.28 Å². The minimum Gasteiger partial charge on any atom is -0.323 e. The largest absolute Gasteiger partial charge is 0.323 e. The average molecular weight is 232 g/mol. The van der Waals surface area contributed by atoms with Gasteiger partial charge in [-0.15, -0.1) is 0 Å². The molecule has 0 unspecified atom stereocenters. The molecule has 0 aliphatic heterocycles. The van der Waals surface area contributed by atoms with E-state index in [0.29, 0.717) is 0 Å². The van der Waals surface area contributed by atoms with Crippen molar-refractivity contribution in [2.45, 2.75) is 40.5 Å². The Morgan fingerprint density at radius 1 is 1.07 bits per heavy atom. The molecule has 0 bridgehead atoms. The van der Waals surface area contributed by atoms with Crippen LogP contribution in [0.5, 0.6) is 0 Å². The predicted octanol–water partition coefficient (Wildman–Crippen LogP) is 2.92. The van der Waals surface area contributed by atoms with Crippen LogP contribution in [0.3, 0.4) is 0 Å². The number of hydrogen-bond acceptors (Lipinski definition) is 2. The zero-order valence-corrected chi connectivity index (χ0v) is 11.5. The van der Waals surface area contributed by atoms with Crippen molar-refractivity contribution in [1.29, 1.82) is 0 Å². The summed E-state index contributed by atoms with van der Waals surface area (Å²) in [6.07, 6.45) is 2.47. The second-order valence-electron chi connectivity index (χ2n) is 4.17. The van der Waals surface area contributed by atoms with Crippen LogP contribution >= 0.6 is 11.8 Å². The highest BCUT2D eigenvalue weighted by Crippen LogP contribution is 2.13. The molecule has 90 valence electrons. The van der Waals surface area contributed by atoms with Crippen LogP contribution in [0.15, 0.2) is 0 Å². The molecule has 0 saturated carbocycles. The Balaban J connectivity index is 4.13. The molecule has 0 aliphatic rings. The SMILES string of the molecule is CCC[N+](CC)(CCC)CCSC(C)=O. The molecule has 0 aromatic heterocycles. The summed E-state index contributed by atoms with van der Waals surface area (Å²) in [4.78, 5) is 10.9. The average Bonchev–Trinajstić information content (AvgIpc) is 2.17. The van der Waals surface area contributed by atoms with E-state index >= 15 is 0 Å². The van der Waals surface area contributed by atoms with Gasteiger partial charge >= 0.3 is 0 Å². The highest BCUT2D eigenvalue weighted by atomic mass is 32.2. The molecule has 0 heterocycles. The van der Waals surface area contributed by atoms with Crippen molar-refractivity contribution in [2.24, 2.45) is 0 Å². The lowest BCUT2D eigenvalue weighted by molar-refractivity contribution is -0.924. The molecule has 0 fully saturated rings. The van der Waals surface area contributed by atoms with Crippen molar-refractivity contribution in [3.63, 3.8) is 0 Å². The molecular weight excluding hydrogens is 206 g/mol. The number of rotatable bonds is 8. The highest BCUT2D eigenvalue weighted by molar-refractivity contribution is 8.13. The summed E-state index contributed by atoms with van der Waals surface area (Å²) in [7, 11) is 0. The Labute approximate surface area is 99.0 Å². The van der Waals surface area contributed by atoms with E-state index in [9.17, 15) is 4.79 Å². The summed E-state index contributed by atoms with van der Waals surface area (Å²) in [6.45, 7) is 13.3. The molecule has 0 aromatic carbocycles. The van der Waals surface area contributed by atoms with Crippen LogP contribution in [0.4, 0.5) is 0 Å². The van der Waals surface area contributed by atoms with Gasteiger partial charge in [-0.25, -0.2) is 0 Å². The van der Waals surface area contributed by atoms with Gasteiger partial charge in [-0.1, -0.05) is 25.6 Å². The van der Waals surface area contributed by atoms with Gasteiger partial charge in [-0.05, 0) is 19.8 Å². The fourth-order valence-electron chi connectivity index (χ4n) is 2.14. The smallest absolute Gasteiger partial charge is 0.186 e. The van der Waals surface area contributed by atoms with Crippen LogP contribution in [-0.4, -0.2) is 41.5 Å². The van der Waals surface area contributed by atoms with Gasteiger partial charge in [0.2, 0.25) is 0 Å². The first-order chi connectivity index (χ1) is 7.10. The minimum atomic E-state index is 0.247. The quantitative estimate of drug-likeness (QED) is 0.599. The van der Waals surface area contributed by atoms with E-state index in [1.54, 1.807) is 6.92 Å². The zero-order valence-electron chi connectivity index (χ0n) is 10.7. The Hall–Kier alpha value is -0.0200. The first-order valence-corrected chi connectivity index (χ1v) is 7.07. The Morgan fingerprint density at radius 2 is 1.60 bits per heavy atom. The van der Waals surface area contributed by atoms with Crippen molar-refractivity contribution in [1.82, 2.24) is 0 Å². The number of quaternary nitrogens is 1. The molecule has 0 aromatic rings. The van der Waals surface area contributed by atoms with E-state index in [-0.39, 0.29) is 5.12 Å². The summed E-state index contributed by atoms with van der Waals surface area (Å²) < 4.78 is 1.19. The summed E-state index contributed by atoms with van der Waals surface area (Å²) in [5, 5.41) is 0.247. The van der Waals surface area contributed by atoms with Crippen LogP contribution < -0.4 is 0 Å². The molecule has 15 heavy (non-hydrogen) atoms. The van der Waals surface area contributed by atoms with Gasteiger partial charge in [0, 0.05) is 6.92 Å². The lowest BCUT2D eigenvalue weighted by Gasteiger charge is -2.37. The molecule has 0 atom stereocenters. The summed E-state index contributed by atoms with van der Waals surface area (Å²) >= 11 is 1.47. The van der Waals surface area contributed by atoms with E-state index in [0.717, 1.165) is 12.3 Å². The Morgan fingerprint density at radius 3 is 1.93 bits per heavy atom. The fraction of sp³-hybridized carbons (Fsp3) is 0.917. The van der Waals surface area contributed by atoms with E-state index < -0.39 is 0 Å². The second kappa shape index (κ2) is 8.17. The number of thioether (sulfide) groups is 1. The zero-order chi connectivity index (χ0) is 11.7. The minimum absolute atomic E-state index is 0.247. The van der Waals surface area contributed by atoms with Gasteiger partial charge in [-0.2, -0.15) is 0 Å². The van der Waals surface area contributed by atoms with Gasteiger partial charge < -0.3 is 4.48 Å². The molecule has 3 heteroatoms. The molecule has 0 aliphatic carbocycles. The van der Waals surface area contributed by atoms with Crippen LogP contribution in [-0.2, 0) is 4.79 Å². The van der Waals surface area contributed by atoms with E-state index in [4.69, 9.17) is 0 Å². The topological polar surface area (TPSA) is 17.1 Å². The predicted molar refractivity (Wildman–Crippen MR) is 69.1 cm³/mol. The number of carbonyl (C=O) groups is 1. The molecule has 0 rings (SSSR count). The maximum atomic E-state index is 10.9. The lowest BCUT2D eigenvalue weighted by atomic mass is 10.2. The molecule has 0 saturated heterocycles. The van der Waals surface area contributed by atoms with E-state index in [1.165, 1.54) is 48.7 Å². The third-order valence-corrected chi connectivity index (χ3v) is 3.73. The summed E-state index contributed by atoms with van der Waals surface area (Å²) in [5.74, 6) is 0.975. The van der Waals surface area contributed by atoms with Crippen molar-refractivity contribution in [2.75, 3.05) is 31.9 Å². The van der Waals surface area contributed by atoms with E-state index in [2.05, 4.69) is 20.8 Å². The van der Waals surface area contributed by atoms with Crippen LogP contribution in [0.1, 0.15) is 40.5 Å². The third-order valence-electron chi connectivity index (χ3n) is 2.94. The highest BCUT2D eigenvalue weighted by Gasteiger charge is 2.22. The van der Waals surface area contributed by atoms with Gasteiger partial charge in [0.05, 0.1) is 31.9 Å². The van der Waals surface area contributed by atoms with Crippen molar-refractivity contribution >= 4 is 16.9 Å². The van der Waals surface area contributed by atoms with Gasteiger partial charge in [0.25, 0.3) is 0 Å². The maximum Gasteiger partial charge on any atom is 0.186 e. The molecule has 2 nitrogen and oxygen atoms in total. The number of hydrogen-bond donors (Lipinski definition) is 0. The summed E-state index contributed by atoms with van der Waals surface area (Å²) in [6, 6.07) is 0. The van der Waals surface area contributed by atoms with Gasteiger partial charge in [0.1, 0.15) is 0 Å². The normalized spacial score (nSPS) is 11.7. The van der Waals surface area contributed by atoms with Crippen molar-refractivity contribution in [3.8, 4) is 0 Å². The monoisotopic (exact) mass is 232 g/mol. The van der Waals surface area contributed by atoms with Crippen LogP contribution in [0, 0.1) is 0 Å². The molecule has 0 amide bonds. The third kappa shape index (κ3) is 6.21. The number of carbonyl (C=O) groups excluding carboxylic acids is 1. The van der Waals surface area contributed by atoms with Crippen LogP contribution in [0.25, 0.3) is 0 Å². The molecular formula is C12H26NOS+. The molecule has 0 N–H and O–H groups in total. The van der Waals surface area contributed by atoms with Gasteiger partial charge in [-0.3, -0.25) is 4.79 Å². The fourth-order valence-corrected chi connectivity index (χ4v) is 2.91. The summed E-state index contributed by atoms with van der Waals surface area (Å²) in [5.41, 5.74) is 0. The lowest BCUT2D eigenvalue weighted by Crippen LogP contribution is -2.50. The second-order valence-corrected chi connectivity index (χ2v) is 5.44. The first-order valence-electron chi connectivity index (χ1n) is 6.08. The van der Waals surface area contributed by atoms with Crippen molar-refractivity contribution in [3.05, 3.63) is 0 Å². The number of nitrogens with zero attached hydrogens (tertiary/aromatic N) is 1. The standard InChI is InChI=1S/C12H26NOS/c1-5-8-13(7-3,9-6-2)10-11-15-12(4)14/h5-11H2,1-4H3/q+1. The maximum absolute atomic E-state index is 10.9. The molecule has 0 spiro atoms. The molecule has 0 radical (unpaired) electrons. The Kier molecular flexibility index (Phi) is 8.16. The van der Waals surface area contributed by atoms with Crippen LogP contribution in [0.2, 0.25) is 0 Å². The first kappa shape index (κ1) is 15.0. The van der Waals surface area contributed by atoms with E-state index in [1.807, 2.05) is 0 Å². The Bertz CT molecular complexity index is 176.